The van der Waals surface area contributed by atoms with Crippen LogP contribution in [0.3, 0.4) is 0 Å². The molecule has 0 radical (unpaired) electrons. The lowest BCUT2D eigenvalue weighted by molar-refractivity contribution is -0.133. The van der Waals surface area contributed by atoms with Gasteiger partial charge in [-0.15, -0.1) is 5.10 Å². The van der Waals surface area contributed by atoms with Crippen LogP contribution in [0.15, 0.2) is 17.3 Å². The van der Waals surface area contributed by atoms with Gasteiger partial charge in [0.15, 0.2) is 17.3 Å². The van der Waals surface area contributed by atoms with E-state index >= 15 is 0 Å². The van der Waals surface area contributed by atoms with Gasteiger partial charge in [0.05, 0.1) is 25.5 Å². The number of rotatable bonds is 6. The van der Waals surface area contributed by atoms with E-state index in [1.165, 1.54) is 26.4 Å². The molecule has 0 aliphatic carbocycles. The van der Waals surface area contributed by atoms with Gasteiger partial charge in [0, 0.05) is 6.07 Å². The predicted molar refractivity (Wildman–Crippen MR) is 73.2 cm³/mol. The van der Waals surface area contributed by atoms with Gasteiger partial charge >= 0.3 is 5.97 Å². The lowest BCUT2D eigenvalue weighted by Gasteiger charge is -2.09. The Morgan fingerprint density at radius 2 is 2.05 bits per heavy atom. The van der Waals surface area contributed by atoms with E-state index in [4.69, 9.17) is 14.6 Å². The molecule has 2 aromatic rings. The van der Waals surface area contributed by atoms with E-state index in [1.807, 2.05) is 0 Å². The molecule has 0 aliphatic rings. The number of nitrogens with zero attached hydrogens (tertiary/aromatic N) is 2. The first-order chi connectivity index (χ1) is 10.0. The maximum Gasteiger partial charge on any atom is 0.313 e. The van der Waals surface area contributed by atoms with Crippen LogP contribution < -0.4 is 9.47 Å². The Morgan fingerprint density at radius 1 is 1.38 bits per heavy atom. The van der Waals surface area contributed by atoms with Crippen molar-refractivity contribution in [1.82, 2.24) is 15.2 Å². The molecule has 0 bridgehead atoms. The maximum absolute atomic E-state index is 14.0. The van der Waals surface area contributed by atoms with E-state index in [0.29, 0.717) is 5.75 Å². The summed E-state index contributed by atoms with van der Waals surface area (Å²) in [5.41, 5.74) is 0.155. The number of aromatic amines is 1. The number of thioether (sulfide) groups is 1. The smallest absolute Gasteiger partial charge is 0.313 e. The molecule has 0 saturated heterocycles. The van der Waals surface area contributed by atoms with Gasteiger partial charge < -0.3 is 14.6 Å². The summed E-state index contributed by atoms with van der Waals surface area (Å²) in [4.78, 5) is 14.5. The molecule has 1 aromatic carbocycles. The Kier molecular flexibility index (Phi) is 4.63. The summed E-state index contributed by atoms with van der Waals surface area (Å²) in [6.45, 7) is 0. The molecular weight excluding hydrogens is 301 g/mol. The molecule has 0 unspecified atom stereocenters. The van der Waals surface area contributed by atoms with Gasteiger partial charge in [-0.3, -0.25) is 9.89 Å². The zero-order chi connectivity index (χ0) is 15.4. The zero-order valence-corrected chi connectivity index (χ0v) is 12.0. The van der Waals surface area contributed by atoms with Gasteiger partial charge in [-0.25, -0.2) is 9.37 Å². The van der Waals surface area contributed by atoms with Crippen molar-refractivity contribution in [1.29, 1.82) is 0 Å². The second kappa shape index (κ2) is 6.44. The monoisotopic (exact) mass is 313 g/mol. The Morgan fingerprint density at radius 3 is 2.67 bits per heavy atom. The highest BCUT2D eigenvalue weighted by atomic mass is 32.2. The van der Waals surface area contributed by atoms with Crippen molar-refractivity contribution in [3.63, 3.8) is 0 Å². The molecule has 2 N–H and O–H groups in total. The largest absolute Gasteiger partial charge is 0.493 e. The molecule has 0 saturated carbocycles. The molecule has 0 fully saturated rings. The van der Waals surface area contributed by atoms with Gasteiger partial charge in [-0.05, 0) is 6.07 Å². The summed E-state index contributed by atoms with van der Waals surface area (Å²) in [7, 11) is 2.85. The third-order valence-electron chi connectivity index (χ3n) is 2.52. The number of H-pyrrole nitrogens is 1. The van der Waals surface area contributed by atoms with E-state index in [1.54, 1.807) is 0 Å². The molecule has 0 spiro atoms. The van der Waals surface area contributed by atoms with Crippen LogP contribution in [-0.4, -0.2) is 46.2 Å². The minimum absolute atomic E-state index is 0.155. The van der Waals surface area contributed by atoms with Crippen molar-refractivity contribution in [3.8, 4) is 22.9 Å². The number of carbonyl (C=O) groups is 1. The van der Waals surface area contributed by atoms with Crippen LogP contribution in [-0.2, 0) is 4.79 Å². The highest BCUT2D eigenvalue weighted by Gasteiger charge is 2.16. The van der Waals surface area contributed by atoms with Crippen LogP contribution in [0.25, 0.3) is 11.4 Å². The number of aromatic nitrogens is 3. The van der Waals surface area contributed by atoms with Gasteiger partial charge in [0.25, 0.3) is 0 Å². The minimum Gasteiger partial charge on any atom is -0.493 e. The second-order valence-electron chi connectivity index (χ2n) is 3.84. The number of methoxy groups -OCH3 is 2. The van der Waals surface area contributed by atoms with Crippen LogP contribution in [0.4, 0.5) is 4.39 Å². The van der Waals surface area contributed by atoms with E-state index in [0.717, 1.165) is 11.8 Å². The molecule has 21 heavy (non-hydrogen) atoms. The average molecular weight is 313 g/mol. The standard InChI is InChI=1S/C12H12FN3O4S/c1-19-8-3-6(7(13)4-9(8)20-2)11-14-12(16-15-11)21-5-10(17)18/h3-4H,5H2,1-2H3,(H,17,18)(H,14,15,16). The topological polar surface area (TPSA) is 97.3 Å². The van der Waals surface area contributed by atoms with E-state index in [9.17, 15) is 9.18 Å². The quantitative estimate of drug-likeness (QED) is 0.785. The van der Waals surface area contributed by atoms with Crippen molar-refractivity contribution >= 4 is 17.7 Å². The average Bonchev–Trinajstić information content (AvgIpc) is 2.93. The van der Waals surface area contributed by atoms with E-state index in [2.05, 4.69) is 15.2 Å². The fourth-order valence-corrected chi connectivity index (χ4v) is 2.11. The summed E-state index contributed by atoms with van der Waals surface area (Å²) in [6.07, 6.45) is 0. The normalized spacial score (nSPS) is 10.4. The van der Waals surface area contributed by atoms with Gasteiger partial charge in [-0.1, -0.05) is 11.8 Å². The molecule has 0 atom stereocenters. The van der Waals surface area contributed by atoms with E-state index in [-0.39, 0.29) is 28.0 Å². The lowest BCUT2D eigenvalue weighted by Crippen LogP contribution is -1.97. The van der Waals surface area contributed by atoms with Crippen LogP contribution in [0.1, 0.15) is 0 Å². The summed E-state index contributed by atoms with van der Waals surface area (Å²) in [5, 5.41) is 15.2. The Balaban J connectivity index is 2.31. The number of nitrogens with one attached hydrogen (secondary N) is 1. The first kappa shape index (κ1) is 15.1. The number of ether oxygens (including phenoxy) is 2. The highest BCUT2D eigenvalue weighted by molar-refractivity contribution is 7.99. The Hall–Kier alpha value is -2.29. The molecular formula is C12H12FN3O4S. The summed E-state index contributed by atoms with van der Waals surface area (Å²) in [6, 6.07) is 2.61. The maximum atomic E-state index is 14.0. The van der Waals surface area contributed by atoms with Gasteiger partial charge in [0.1, 0.15) is 5.82 Å². The predicted octanol–water partition coefficient (Wildman–Crippen LogP) is 1.80. The second-order valence-corrected chi connectivity index (χ2v) is 4.78. The van der Waals surface area contributed by atoms with E-state index < -0.39 is 11.8 Å². The molecule has 7 nitrogen and oxygen atoms in total. The number of hydrogen-bond donors (Lipinski definition) is 2. The van der Waals surface area contributed by atoms with Gasteiger partial charge in [0.2, 0.25) is 5.16 Å². The minimum atomic E-state index is -0.983. The molecule has 0 amide bonds. The number of benzene rings is 1. The van der Waals surface area contributed by atoms with Crippen molar-refractivity contribution < 1.29 is 23.8 Å². The van der Waals surface area contributed by atoms with Crippen LogP contribution in [0.2, 0.25) is 0 Å². The van der Waals surface area contributed by atoms with Crippen LogP contribution in [0, 0.1) is 5.82 Å². The van der Waals surface area contributed by atoms with Gasteiger partial charge in [-0.2, -0.15) is 0 Å². The third-order valence-corrected chi connectivity index (χ3v) is 3.35. The Labute approximate surface area is 123 Å². The lowest BCUT2D eigenvalue weighted by atomic mass is 10.1. The number of halogens is 1. The summed E-state index contributed by atoms with van der Waals surface area (Å²) in [5.74, 6) is -0.918. The van der Waals surface area contributed by atoms with Crippen molar-refractivity contribution in [2.45, 2.75) is 5.16 Å². The number of aliphatic carboxylic acids is 1. The molecule has 1 heterocycles. The number of carboxylic acids is 1. The SMILES string of the molecule is COc1cc(F)c(-c2nc(SCC(=O)O)n[nH]2)cc1OC. The summed E-state index contributed by atoms with van der Waals surface area (Å²) < 4.78 is 24.1. The first-order valence-electron chi connectivity index (χ1n) is 5.74. The number of carboxylic acid groups (broad SMARTS) is 1. The fraction of sp³-hybridized carbons (Fsp3) is 0.250. The first-order valence-corrected chi connectivity index (χ1v) is 6.72. The van der Waals surface area contributed by atoms with Crippen molar-refractivity contribution in [3.05, 3.63) is 17.9 Å². The molecule has 112 valence electrons. The Bertz CT molecular complexity index is 662. The number of hydrogen-bond acceptors (Lipinski definition) is 6. The van der Waals surface area contributed by atoms with Crippen molar-refractivity contribution in [2.75, 3.05) is 20.0 Å². The van der Waals surface area contributed by atoms with Crippen LogP contribution >= 0.6 is 11.8 Å². The zero-order valence-electron chi connectivity index (χ0n) is 11.2. The van der Waals surface area contributed by atoms with Crippen molar-refractivity contribution in [2.24, 2.45) is 0 Å². The molecule has 9 heteroatoms. The van der Waals surface area contributed by atoms with Crippen LogP contribution in [0.5, 0.6) is 11.5 Å². The molecule has 0 aliphatic heterocycles. The molecule has 2 rings (SSSR count). The molecule has 1 aromatic heterocycles. The fourth-order valence-electron chi connectivity index (χ4n) is 1.59. The highest BCUT2D eigenvalue weighted by Crippen LogP contribution is 2.33. The third kappa shape index (κ3) is 3.43. The summed E-state index contributed by atoms with van der Waals surface area (Å²) >= 11 is 0.936.